The summed E-state index contributed by atoms with van der Waals surface area (Å²) in [7, 11) is 0. The van der Waals surface area contributed by atoms with Crippen LogP contribution in [0.1, 0.15) is 39.2 Å². The molecule has 3 heterocycles. The summed E-state index contributed by atoms with van der Waals surface area (Å²) in [6.07, 6.45) is 1.65. The molecular weight excluding hydrogens is 366 g/mol. The first-order chi connectivity index (χ1) is 12.8. The predicted octanol–water partition coefficient (Wildman–Crippen LogP) is 2.52. The van der Waals surface area contributed by atoms with Gasteiger partial charge in [-0.3, -0.25) is 24.6 Å². The lowest BCUT2D eigenvalue weighted by molar-refractivity contribution is -0.143. The number of para-hydroxylation sites is 1. The van der Waals surface area contributed by atoms with Crippen molar-refractivity contribution in [3.63, 3.8) is 0 Å². The van der Waals surface area contributed by atoms with E-state index in [1.807, 2.05) is 26.8 Å². The van der Waals surface area contributed by atoms with Crippen LogP contribution in [-0.2, 0) is 19.9 Å². The van der Waals surface area contributed by atoms with Gasteiger partial charge >= 0.3 is 0 Å². The van der Waals surface area contributed by atoms with Crippen molar-refractivity contribution in [2.75, 3.05) is 11.9 Å². The zero-order valence-corrected chi connectivity index (χ0v) is 16.5. The summed E-state index contributed by atoms with van der Waals surface area (Å²) >= 11 is 6.30. The molecule has 1 aromatic rings. The minimum absolute atomic E-state index is 0.0933. The van der Waals surface area contributed by atoms with Crippen LogP contribution in [0.3, 0.4) is 0 Å². The Kier molecular flexibility index (Phi) is 4.31. The maximum absolute atomic E-state index is 13.3. The molecule has 2 N–H and O–H groups in total. The number of unbranched alkanes of at least 4 members (excludes halogenated alkanes) is 1. The summed E-state index contributed by atoms with van der Waals surface area (Å²) in [4.78, 5) is 41.0. The highest BCUT2D eigenvalue weighted by atomic mass is 35.5. The molecule has 3 amide bonds. The van der Waals surface area contributed by atoms with Crippen LogP contribution in [0.2, 0.25) is 5.02 Å². The Labute approximate surface area is 163 Å². The van der Waals surface area contributed by atoms with E-state index in [0.29, 0.717) is 22.8 Å². The van der Waals surface area contributed by atoms with Gasteiger partial charge in [0, 0.05) is 18.2 Å². The van der Waals surface area contributed by atoms with Crippen molar-refractivity contribution in [2.24, 2.45) is 17.8 Å². The number of carbonyl (C=O) groups excluding carboxylic acids is 3. The van der Waals surface area contributed by atoms with Gasteiger partial charge in [0.05, 0.1) is 22.5 Å². The van der Waals surface area contributed by atoms with Gasteiger partial charge in [0.1, 0.15) is 5.54 Å². The molecule has 3 aliphatic heterocycles. The summed E-state index contributed by atoms with van der Waals surface area (Å²) in [5.41, 5.74) is -0.0446. The van der Waals surface area contributed by atoms with Gasteiger partial charge in [-0.1, -0.05) is 50.9 Å². The Morgan fingerprint density at radius 1 is 1.22 bits per heavy atom. The summed E-state index contributed by atoms with van der Waals surface area (Å²) < 4.78 is 0. The van der Waals surface area contributed by atoms with Crippen LogP contribution in [0.4, 0.5) is 5.69 Å². The molecule has 0 aliphatic carbocycles. The Bertz CT molecular complexity index is 840. The predicted molar refractivity (Wildman–Crippen MR) is 102 cm³/mol. The number of amides is 3. The molecule has 7 heteroatoms. The van der Waals surface area contributed by atoms with Crippen molar-refractivity contribution in [3.8, 4) is 0 Å². The summed E-state index contributed by atoms with van der Waals surface area (Å²) in [5.74, 6) is -1.90. The average molecular weight is 390 g/mol. The first-order valence-electron chi connectivity index (χ1n) is 9.58. The zero-order chi connectivity index (χ0) is 19.5. The highest BCUT2D eigenvalue weighted by molar-refractivity contribution is 6.35. The van der Waals surface area contributed by atoms with Crippen molar-refractivity contribution in [2.45, 2.75) is 45.2 Å². The number of imide groups is 1. The van der Waals surface area contributed by atoms with Crippen LogP contribution in [-0.4, -0.2) is 35.2 Å². The highest BCUT2D eigenvalue weighted by Crippen LogP contribution is 2.54. The van der Waals surface area contributed by atoms with Gasteiger partial charge < -0.3 is 5.32 Å². The number of rotatable bonds is 4. The van der Waals surface area contributed by atoms with Crippen LogP contribution in [0.25, 0.3) is 0 Å². The van der Waals surface area contributed by atoms with Gasteiger partial charge in [0.15, 0.2) is 0 Å². The lowest BCUT2D eigenvalue weighted by atomic mass is 9.76. The van der Waals surface area contributed by atoms with Crippen molar-refractivity contribution >= 4 is 35.0 Å². The molecule has 1 spiro atoms. The van der Waals surface area contributed by atoms with E-state index in [2.05, 4.69) is 10.6 Å². The Balaban J connectivity index is 1.87. The fraction of sp³-hybridized carbons (Fsp3) is 0.550. The number of anilines is 1. The summed E-state index contributed by atoms with van der Waals surface area (Å²) in [6.45, 7) is 6.44. The second-order valence-electron chi connectivity index (χ2n) is 8.02. The molecule has 0 aromatic heterocycles. The van der Waals surface area contributed by atoms with E-state index < -0.39 is 17.4 Å². The van der Waals surface area contributed by atoms with Crippen LogP contribution >= 0.6 is 11.6 Å². The molecule has 2 unspecified atom stereocenters. The molecule has 4 rings (SSSR count). The Morgan fingerprint density at radius 2 is 1.96 bits per heavy atom. The van der Waals surface area contributed by atoms with E-state index in [1.165, 1.54) is 4.90 Å². The molecule has 144 valence electrons. The number of nitrogens with one attached hydrogen (secondary N) is 2. The van der Waals surface area contributed by atoms with Crippen molar-refractivity contribution in [3.05, 3.63) is 28.8 Å². The molecule has 2 saturated heterocycles. The number of likely N-dealkylation sites (tertiary alicyclic amines) is 1. The second kappa shape index (κ2) is 6.31. The normalized spacial score (nSPS) is 31.8. The molecular formula is C20H24ClN3O3. The number of hydrogen-bond acceptors (Lipinski definition) is 4. The van der Waals surface area contributed by atoms with Crippen LogP contribution in [0.15, 0.2) is 18.2 Å². The van der Waals surface area contributed by atoms with Gasteiger partial charge in [-0.2, -0.15) is 0 Å². The van der Waals surface area contributed by atoms with E-state index >= 15 is 0 Å². The number of fused-ring (bicyclic) bond motifs is 4. The van der Waals surface area contributed by atoms with Crippen LogP contribution in [0.5, 0.6) is 0 Å². The topological polar surface area (TPSA) is 78.5 Å². The molecule has 4 atom stereocenters. The molecule has 1 aromatic carbocycles. The van der Waals surface area contributed by atoms with E-state index in [1.54, 1.807) is 12.1 Å². The van der Waals surface area contributed by atoms with Crippen LogP contribution in [0, 0.1) is 17.8 Å². The van der Waals surface area contributed by atoms with Crippen LogP contribution < -0.4 is 10.6 Å². The molecule has 2 fully saturated rings. The van der Waals surface area contributed by atoms with Gasteiger partial charge in [-0.05, 0) is 18.4 Å². The minimum atomic E-state index is -1.24. The number of halogens is 1. The maximum Gasteiger partial charge on any atom is 0.250 e. The number of carbonyl (C=O) groups is 3. The van der Waals surface area contributed by atoms with E-state index in [-0.39, 0.29) is 29.7 Å². The lowest BCUT2D eigenvalue weighted by Gasteiger charge is -2.30. The molecule has 0 bridgehead atoms. The molecule has 3 aliphatic rings. The third-order valence-electron chi connectivity index (χ3n) is 6.18. The van der Waals surface area contributed by atoms with E-state index in [0.717, 1.165) is 12.8 Å². The second-order valence-corrected chi connectivity index (χ2v) is 8.43. The number of benzene rings is 1. The lowest BCUT2D eigenvalue weighted by Crippen LogP contribution is -2.54. The molecule has 0 saturated carbocycles. The quantitative estimate of drug-likeness (QED) is 0.775. The number of nitrogens with zero attached hydrogens (tertiary/aromatic N) is 1. The monoisotopic (exact) mass is 389 g/mol. The summed E-state index contributed by atoms with van der Waals surface area (Å²) in [6, 6.07) is 5.05. The molecule has 0 radical (unpaired) electrons. The fourth-order valence-corrected chi connectivity index (χ4v) is 5.12. The van der Waals surface area contributed by atoms with E-state index in [9.17, 15) is 14.4 Å². The number of hydrogen-bond donors (Lipinski definition) is 2. The molecule has 27 heavy (non-hydrogen) atoms. The highest BCUT2D eigenvalue weighted by Gasteiger charge is 2.70. The largest absolute Gasteiger partial charge is 0.323 e. The standard InChI is InChI=1S/C20H24ClN3O3/c1-4-5-9-24-17(25)13-14(18(24)26)20(23-15(13)10(2)3)11-7-6-8-12(21)16(11)22-19(20)27/h6-8,10,13-15,23H,4-5,9H2,1-3H3,(H,22,27)/t13-,14-,15?,20?/m1/s1. The first-order valence-corrected chi connectivity index (χ1v) is 9.95. The van der Waals surface area contributed by atoms with Crippen molar-refractivity contribution < 1.29 is 14.4 Å². The van der Waals surface area contributed by atoms with Crippen molar-refractivity contribution in [1.29, 1.82) is 0 Å². The van der Waals surface area contributed by atoms with E-state index in [4.69, 9.17) is 11.6 Å². The minimum Gasteiger partial charge on any atom is -0.323 e. The smallest absolute Gasteiger partial charge is 0.250 e. The van der Waals surface area contributed by atoms with Crippen molar-refractivity contribution in [1.82, 2.24) is 10.2 Å². The maximum atomic E-state index is 13.3. The van der Waals surface area contributed by atoms with Gasteiger partial charge in [-0.15, -0.1) is 0 Å². The first kappa shape index (κ1) is 18.4. The fourth-order valence-electron chi connectivity index (χ4n) is 4.89. The van der Waals surface area contributed by atoms with Gasteiger partial charge in [0.25, 0.3) is 0 Å². The molecule has 6 nitrogen and oxygen atoms in total. The Morgan fingerprint density at radius 3 is 2.63 bits per heavy atom. The van der Waals surface area contributed by atoms with Gasteiger partial charge in [0.2, 0.25) is 17.7 Å². The SMILES string of the molecule is CCCCN1C(=O)[C@H]2C(C(C)C)NC3(C(=O)Nc4c(Cl)cccc43)[C@H]2C1=O. The van der Waals surface area contributed by atoms with Gasteiger partial charge in [-0.25, -0.2) is 0 Å². The zero-order valence-electron chi connectivity index (χ0n) is 15.7. The third-order valence-corrected chi connectivity index (χ3v) is 6.49. The average Bonchev–Trinajstić information content (AvgIpc) is 3.21. The third kappa shape index (κ3) is 2.32. The summed E-state index contributed by atoms with van der Waals surface area (Å²) in [5, 5.41) is 6.68. The Hall–Kier alpha value is -1.92.